The highest BCUT2D eigenvalue weighted by Gasteiger charge is 2.34. The van der Waals surface area contributed by atoms with Crippen molar-refractivity contribution in [2.45, 2.75) is 6.04 Å². The first kappa shape index (κ1) is 9.60. The summed E-state index contributed by atoms with van der Waals surface area (Å²) < 4.78 is 13.2. The third kappa shape index (κ3) is 1.44. The molecule has 0 radical (unpaired) electrons. The van der Waals surface area contributed by atoms with Gasteiger partial charge in [-0.1, -0.05) is 12.1 Å². The van der Waals surface area contributed by atoms with Gasteiger partial charge in [-0.05, 0) is 12.1 Å². The fourth-order valence-electron chi connectivity index (χ4n) is 1.53. The van der Waals surface area contributed by atoms with E-state index in [9.17, 15) is 19.7 Å². The van der Waals surface area contributed by atoms with Gasteiger partial charge in [0.25, 0.3) is 6.04 Å². The number of hydroxylamine groups is 1. The van der Waals surface area contributed by atoms with E-state index in [4.69, 9.17) is 0 Å². The molecule has 1 aliphatic heterocycles. The van der Waals surface area contributed by atoms with Gasteiger partial charge in [-0.25, -0.2) is 4.39 Å². The lowest BCUT2D eigenvalue weighted by Crippen LogP contribution is -2.22. The molecule has 78 valence electrons. The van der Waals surface area contributed by atoms with Gasteiger partial charge < -0.3 is 10.3 Å². The number of anilines is 1. The molecule has 0 saturated heterocycles. The molecule has 1 aromatic rings. The molecular weight excluding hydrogens is 203 g/mol. The van der Waals surface area contributed by atoms with Crippen molar-refractivity contribution in [3.8, 4) is 0 Å². The van der Waals surface area contributed by atoms with Crippen molar-refractivity contribution >= 4 is 5.69 Å². The van der Waals surface area contributed by atoms with Gasteiger partial charge in [-0.3, -0.25) is 10.1 Å². The van der Waals surface area contributed by atoms with E-state index in [2.05, 4.69) is 0 Å². The van der Waals surface area contributed by atoms with E-state index < -0.39 is 16.8 Å². The lowest BCUT2D eigenvalue weighted by molar-refractivity contribution is -0.521. The Balaban J connectivity index is 2.58. The quantitative estimate of drug-likeness (QED) is 0.524. The topological polar surface area (TPSA) is 69.4 Å². The van der Waals surface area contributed by atoms with E-state index in [1.165, 1.54) is 18.2 Å². The third-order valence-electron chi connectivity index (χ3n) is 2.18. The van der Waals surface area contributed by atoms with Crippen LogP contribution in [0, 0.1) is 15.3 Å². The second kappa shape index (κ2) is 3.32. The van der Waals surface area contributed by atoms with Crippen molar-refractivity contribution in [2.24, 2.45) is 0 Å². The first-order chi connectivity index (χ1) is 7.11. The Bertz CT molecular complexity index is 447. The van der Waals surface area contributed by atoms with Crippen LogP contribution < -0.4 is 5.06 Å². The molecule has 1 aliphatic rings. The van der Waals surface area contributed by atoms with Gasteiger partial charge in [-0.2, -0.15) is 0 Å². The van der Waals surface area contributed by atoms with E-state index in [0.29, 0.717) is 11.3 Å². The number of hydrogen-bond acceptors (Lipinski definition) is 4. The van der Waals surface area contributed by atoms with Crippen LogP contribution >= 0.6 is 0 Å². The number of halogens is 1. The summed E-state index contributed by atoms with van der Waals surface area (Å²) in [5.74, 6) is -1.05. The Morgan fingerprint density at radius 2 is 2.07 bits per heavy atom. The molecule has 5 nitrogen and oxygen atoms in total. The highest BCUT2D eigenvalue weighted by molar-refractivity contribution is 5.61. The molecule has 0 bridgehead atoms. The number of hydrogen-bond donors (Lipinski definition) is 0. The van der Waals surface area contributed by atoms with Crippen LogP contribution in [0.25, 0.3) is 0 Å². The summed E-state index contributed by atoms with van der Waals surface area (Å²) >= 11 is 0. The summed E-state index contributed by atoms with van der Waals surface area (Å²) in [6.07, 6.45) is 0.593. The van der Waals surface area contributed by atoms with Gasteiger partial charge in [0.2, 0.25) is 0 Å². The molecule has 0 amide bonds. The molecule has 6 heteroatoms. The van der Waals surface area contributed by atoms with E-state index in [1.54, 1.807) is 6.07 Å². The predicted octanol–water partition coefficient (Wildman–Crippen LogP) is 2.13. The SMILES string of the molecule is O=[N+]([O-])C1C(F)=CN([O-])c2ccccc21. The van der Waals surface area contributed by atoms with Crippen LogP contribution in [0.4, 0.5) is 10.1 Å². The fourth-order valence-corrected chi connectivity index (χ4v) is 1.53. The standard InChI is InChI=1S/C9H6FN2O3/c10-7-5-11(13)8-4-2-1-3-6(8)9(7)12(14)15/h1-5,9H/q-1. The normalized spacial score (nSPS) is 19.5. The van der Waals surface area contributed by atoms with Gasteiger partial charge in [0.1, 0.15) is 0 Å². The molecule has 1 heterocycles. The van der Waals surface area contributed by atoms with Crippen molar-refractivity contribution in [3.63, 3.8) is 0 Å². The maximum atomic E-state index is 13.2. The maximum Gasteiger partial charge on any atom is 0.292 e. The molecule has 1 aromatic carbocycles. The van der Waals surface area contributed by atoms with E-state index in [-0.39, 0.29) is 11.3 Å². The van der Waals surface area contributed by atoms with Crippen LogP contribution in [0.15, 0.2) is 36.3 Å². The number of benzene rings is 1. The first-order valence-electron chi connectivity index (χ1n) is 4.17. The molecule has 1 atom stereocenters. The van der Waals surface area contributed by atoms with E-state index >= 15 is 0 Å². The Kier molecular flexibility index (Phi) is 2.12. The number of nitrogens with zero attached hydrogens (tertiary/aromatic N) is 2. The van der Waals surface area contributed by atoms with Gasteiger partial charge in [0.15, 0.2) is 5.83 Å². The smallest absolute Gasteiger partial charge is 0.292 e. The number of fused-ring (bicyclic) bond motifs is 1. The maximum absolute atomic E-state index is 13.2. The van der Waals surface area contributed by atoms with Crippen molar-refractivity contribution in [1.29, 1.82) is 0 Å². The Hall–Kier alpha value is -1.95. The molecule has 0 saturated carbocycles. The highest BCUT2D eigenvalue weighted by atomic mass is 19.1. The second-order valence-electron chi connectivity index (χ2n) is 3.09. The summed E-state index contributed by atoms with van der Waals surface area (Å²) in [7, 11) is 0. The molecule has 0 aromatic heterocycles. The lowest BCUT2D eigenvalue weighted by Gasteiger charge is -2.32. The molecule has 0 aliphatic carbocycles. The molecule has 0 fully saturated rings. The Morgan fingerprint density at radius 3 is 2.73 bits per heavy atom. The van der Waals surface area contributed by atoms with E-state index in [0.717, 1.165) is 0 Å². The fraction of sp³-hybridized carbons (Fsp3) is 0.111. The van der Waals surface area contributed by atoms with Crippen molar-refractivity contribution in [3.05, 3.63) is 57.2 Å². The minimum Gasteiger partial charge on any atom is -0.754 e. The molecule has 0 spiro atoms. The average Bonchev–Trinajstić information content (AvgIpc) is 2.17. The van der Waals surface area contributed by atoms with Gasteiger partial charge in [0, 0.05) is 16.8 Å². The van der Waals surface area contributed by atoms with Crippen LogP contribution in [-0.2, 0) is 0 Å². The minimum atomic E-state index is -1.56. The Labute approximate surface area is 84.2 Å². The minimum absolute atomic E-state index is 0.0810. The van der Waals surface area contributed by atoms with Crippen LogP contribution in [0.1, 0.15) is 11.6 Å². The first-order valence-corrected chi connectivity index (χ1v) is 4.17. The highest BCUT2D eigenvalue weighted by Crippen LogP contribution is 2.37. The lowest BCUT2D eigenvalue weighted by atomic mass is 10.0. The van der Waals surface area contributed by atoms with Gasteiger partial charge in [0.05, 0.1) is 5.56 Å². The number of nitro groups is 1. The summed E-state index contributed by atoms with van der Waals surface area (Å²) in [5, 5.41) is 22.2. The van der Waals surface area contributed by atoms with Gasteiger partial charge >= 0.3 is 0 Å². The predicted molar refractivity (Wildman–Crippen MR) is 51.2 cm³/mol. The summed E-state index contributed by atoms with van der Waals surface area (Å²) in [4.78, 5) is 9.89. The van der Waals surface area contributed by atoms with Crippen LogP contribution in [-0.4, -0.2) is 4.92 Å². The van der Waals surface area contributed by atoms with E-state index in [1.807, 2.05) is 0 Å². The second-order valence-corrected chi connectivity index (χ2v) is 3.09. The number of para-hydroxylation sites is 1. The monoisotopic (exact) mass is 209 g/mol. The van der Waals surface area contributed by atoms with Crippen LogP contribution in [0.2, 0.25) is 0 Å². The average molecular weight is 209 g/mol. The summed E-state index contributed by atoms with van der Waals surface area (Å²) in [6.45, 7) is 0. The van der Waals surface area contributed by atoms with Crippen LogP contribution in [0.3, 0.4) is 0 Å². The molecule has 2 rings (SSSR count). The number of rotatable bonds is 1. The zero-order valence-electron chi connectivity index (χ0n) is 7.46. The van der Waals surface area contributed by atoms with Crippen molar-refractivity contribution in [1.82, 2.24) is 0 Å². The van der Waals surface area contributed by atoms with Crippen LogP contribution in [0.5, 0.6) is 0 Å². The molecule has 1 unspecified atom stereocenters. The summed E-state index contributed by atoms with van der Waals surface area (Å²) in [5.41, 5.74) is 0.193. The molecular formula is C9H6FN2O3-. The molecule has 0 N–H and O–H groups in total. The summed E-state index contributed by atoms with van der Waals surface area (Å²) in [6, 6.07) is 4.33. The largest absolute Gasteiger partial charge is 0.754 e. The zero-order chi connectivity index (χ0) is 11.0. The third-order valence-corrected chi connectivity index (χ3v) is 2.18. The van der Waals surface area contributed by atoms with Crippen molar-refractivity contribution in [2.75, 3.05) is 5.06 Å². The zero-order valence-corrected chi connectivity index (χ0v) is 7.46. The van der Waals surface area contributed by atoms with Crippen molar-refractivity contribution < 1.29 is 9.31 Å². The Morgan fingerprint density at radius 1 is 1.40 bits per heavy atom. The van der Waals surface area contributed by atoms with Gasteiger partial charge in [-0.15, -0.1) is 0 Å². The molecule has 15 heavy (non-hydrogen) atoms.